The minimum Gasteiger partial charge on any atom is -0.466 e. The molecule has 0 aliphatic rings. The predicted molar refractivity (Wildman–Crippen MR) is 69.9 cm³/mol. The molecule has 4 nitrogen and oxygen atoms in total. The molecule has 92 valence electrons. The first-order chi connectivity index (χ1) is 8.15. The van der Waals surface area contributed by atoms with Gasteiger partial charge in [-0.1, -0.05) is 6.92 Å². The molecule has 1 N–H and O–H groups in total. The fourth-order valence-corrected chi connectivity index (χ4v) is 2.29. The Morgan fingerprint density at radius 2 is 2.35 bits per heavy atom. The van der Waals surface area contributed by atoms with E-state index in [1.165, 1.54) is 0 Å². The number of nitrogens with zero attached hydrogens (tertiary/aromatic N) is 2. The standard InChI is InChI=1S/C12H16BrN3O/c1-4-14-11(12-10(13)5-6-17-12)9-7-15-16(3)8(9)2/h5-7,11,14H,4H2,1-3H3. The van der Waals surface area contributed by atoms with Gasteiger partial charge in [0.1, 0.15) is 5.76 Å². The molecule has 2 aromatic heterocycles. The topological polar surface area (TPSA) is 43.0 Å². The lowest BCUT2D eigenvalue weighted by atomic mass is 10.1. The monoisotopic (exact) mass is 297 g/mol. The van der Waals surface area contributed by atoms with E-state index in [4.69, 9.17) is 4.42 Å². The van der Waals surface area contributed by atoms with E-state index in [0.29, 0.717) is 0 Å². The number of furan rings is 1. The van der Waals surface area contributed by atoms with Crippen LogP contribution in [-0.4, -0.2) is 16.3 Å². The molecule has 0 amide bonds. The molecule has 2 aromatic rings. The van der Waals surface area contributed by atoms with Gasteiger partial charge in [0.25, 0.3) is 0 Å². The van der Waals surface area contributed by atoms with E-state index < -0.39 is 0 Å². The molecule has 0 radical (unpaired) electrons. The number of halogens is 1. The summed E-state index contributed by atoms with van der Waals surface area (Å²) in [5, 5.41) is 7.70. The van der Waals surface area contributed by atoms with Gasteiger partial charge in [-0.25, -0.2) is 0 Å². The molecule has 0 saturated carbocycles. The van der Waals surface area contributed by atoms with Crippen LogP contribution >= 0.6 is 15.9 Å². The fraction of sp³-hybridized carbons (Fsp3) is 0.417. The second-order valence-corrected chi connectivity index (χ2v) is 4.79. The summed E-state index contributed by atoms with van der Waals surface area (Å²) in [4.78, 5) is 0. The fourth-order valence-electron chi connectivity index (χ4n) is 1.86. The van der Waals surface area contributed by atoms with Crippen molar-refractivity contribution in [3.8, 4) is 0 Å². The van der Waals surface area contributed by atoms with Crippen molar-refractivity contribution in [3.63, 3.8) is 0 Å². The lowest BCUT2D eigenvalue weighted by Gasteiger charge is -2.16. The quantitative estimate of drug-likeness (QED) is 0.944. The van der Waals surface area contributed by atoms with E-state index in [2.05, 4.69) is 40.2 Å². The summed E-state index contributed by atoms with van der Waals surface area (Å²) in [6.07, 6.45) is 3.58. The summed E-state index contributed by atoms with van der Waals surface area (Å²) in [6, 6.07) is 1.95. The molecule has 1 atom stereocenters. The van der Waals surface area contributed by atoms with Crippen molar-refractivity contribution >= 4 is 15.9 Å². The van der Waals surface area contributed by atoms with E-state index in [1.54, 1.807) is 6.26 Å². The Labute approximate surface area is 109 Å². The first-order valence-corrected chi connectivity index (χ1v) is 6.39. The first kappa shape index (κ1) is 12.4. The number of aryl methyl sites for hydroxylation is 1. The molecule has 0 fully saturated rings. The minimum absolute atomic E-state index is 0.0399. The van der Waals surface area contributed by atoms with Crippen molar-refractivity contribution in [3.05, 3.63) is 40.0 Å². The van der Waals surface area contributed by atoms with Gasteiger partial charge >= 0.3 is 0 Å². The molecule has 0 saturated heterocycles. The van der Waals surface area contributed by atoms with E-state index in [0.717, 1.165) is 28.0 Å². The lowest BCUT2D eigenvalue weighted by molar-refractivity contribution is 0.448. The second kappa shape index (κ2) is 5.06. The van der Waals surface area contributed by atoms with Crippen LogP contribution in [-0.2, 0) is 7.05 Å². The minimum atomic E-state index is 0.0399. The number of rotatable bonds is 4. The predicted octanol–water partition coefficient (Wildman–Crippen LogP) is 2.78. The van der Waals surface area contributed by atoms with Gasteiger partial charge in [0.2, 0.25) is 0 Å². The molecule has 0 aliphatic heterocycles. The van der Waals surface area contributed by atoms with E-state index in [-0.39, 0.29) is 6.04 Å². The number of nitrogens with one attached hydrogen (secondary N) is 1. The summed E-state index contributed by atoms with van der Waals surface area (Å²) < 4.78 is 8.40. The van der Waals surface area contributed by atoms with Crippen molar-refractivity contribution in [2.45, 2.75) is 19.9 Å². The second-order valence-electron chi connectivity index (χ2n) is 3.93. The molecule has 2 heterocycles. The normalized spacial score (nSPS) is 12.9. The largest absolute Gasteiger partial charge is 0.466 e. The molecular weight excluding hydrogens is 282 g/mol. The zero-order valence-electron chi connectivity index (χ0n) is 10.2. The van der Waals surface area contributed by atoms with Crippen molar-refractivity contribution in [2.24, 2.45) is 7.05 Å². The van der Waals surface area contributed by atoms with Gasteiger partial charge in [0.15, 0.2) is 0 Å². The highest BCUT2D eigenvalue weighted by molar-refractivity contribution is 9.10. The molecule has 5 heteroatoms. The van der Waals surface area contributed by atoms with Gasteiger partial charge in [0.05, 0.1) is 23.0 Å². The molecule has 1 unspecified atom stereocenters. The Balaban J connectivity index is 2.43. The van der Waals surface area contributed by atoms with Crippen molar-refractivity contribution in [1.29, 1.82) is 0 Å². The smallest absolute Gasteiger partial charge is 0.139 e. The zero-order chi connectivity index (χ0) is 12.4. The Kier molecular flexibility index (Phi) is 3.69. The maximum Gasteiger partial charge on any atom is 0.139 e. The van der Waals surface area contributed by atoms with Crippen LogP contribution in [0.1, 0.15) is 30.0 Å². The lowest BCUT2D eigenvalue weighted by Crippen LogP contribution is -2.22. The van der Waals surface area contributed by atoms with Crippen molar-refractivity contribution in [2.75, 3.05) is 6.54 Å². The third-order valence-electron chi connectivity index (χ3n) is 2.90. The molecule has 0 spiro atoms. The van der Waals surface area contributed by atoms with Gasteiger partial charge in [-0.3, -0.25) is 4.68 Å². The molecular formula is C12H16BrN3O. The zero-order valence-corrected chi connectivity index (χ0v) is 11.8. The summed E-state index contributed by atoms with van der Waals surface area (Å²) in [6.45, 7) is 5.01. The third-order valence-corrected chi connectivity index (χ3v) is 3.55. The summed E-state index contributed by atoms with van der Waals surface area (Å²) in [5.74, 6) is 0.892. The van der Waals surface area contributed by atoms with Crippen molar-refractivity contribution in [1.82, 2.24) is 15.1 Å². The van der Waals surface area contributed by atoms with Gasteiger partial charge < -0.3 is 9.73 Å². The average Bonchev–Trinajstić information content (AvgIpc) is 2.85. The summed E-state index contributed by atoms with van der Waals surface area (Å²) in [5.41, 5.74) is 2.28. The van der Waals surface area contributed by atoms with Crippen LogP contribution in [0.15, 0.2) is 27.4 Å². The van der Waals surface area contributed by atoms with E-state index in [9.17, 15) is 0 Å². The van der Waals surface area contributed by atoms with Crippen LogP contribution in [0.3, 0.4) is 0 Å². The highest BCUT2D eigenvalue weighted by Crippen LogP contribution is 2.30. The number of aromatic nitrogens is 2. The third kappa shape index (κ3) is 2.30. The van der Waals surface area contributed by atoms with Crippen LogP contribution in [0.5, 0.6) is 0 Å². The number of hydrogen-bond donors (Lipinski definition) is 1. The van der Waals surface area contributed by atoms with Gasteiger partial charge in [-0.15, -0.1) is 0 Å². The van der Waals surface area contributed by atoms with E-state index in [1.807, 2.05) is 24.0 Å². The Morgan fingerprint density at radius 1 is 1.59 bits per heavy atom. The maximum absolute atomic E-state index is 5.55. The highest BCUT2D eigenvalue weighted by atomic mass is 79.9. The van der Waals surface area contributed by atoms with Gasteiger partial charge in [-0.05, 0) is 35.5 Å². The highest BCUT2D eigenvalue weighted by Gasteiger charge is 2.22. The van der Waals surface area contributed by atoms with Crippen LogP contribution < -0.4 is 5.32 Å². The Hall–Kier alpha value is -1.07. The Morgan fingerprint density at radius 3 is 2.82 bits per heavy atom. The first-order valence-electron chi connectivity index (χ1n) is 5.60. The Bertz CT molecular complexity index is 504. The number of hydrogen-bond acceptors (Lipinski definition) is 3. The molecule has 0 aliphatic carbocycles. The SMILES string of the molecule is CCNC(c1cnn(C)c1C)c1occc1Br. The van der Waals surface area contributed by atoms with Crippen LogP contribution in [0.2, 0.25) is 0 Å². The van der Waals surface area contributed by atoms with Crippen LogP contribution in [0.25, 0.3) is 0 Å². The summed E-state index contributed by atoms with van der Waals surface area (Å²) >= 11 is 3.50. The molecule has 17 heavy (non-hydrogen) atoms. The molecule has 0 bridgehead atoms. The van der Waals surface area contributed by atoms with Crippen molar-refractivity contribution < 1.29 is 4.42 Å². The average molecular weight is 298 g/mol. The van der Waals surface area contributed by atoms with Gasteiger partial charge in [0, 0.05) is 18.3 Å². The summed E-state index contributed by atoms with van der Waals surface area (Å²) in [7, 11) is 1.94. The van der Waals surface area contributed by atoms with Crippen LogP contribution in [0, 0.1) is 6.92 Å². The maximum atomic E-state index is 5.55. The molecule has 0 aromatic carbocycles. The molecule has 2 rings (SSSR count). The van der Waals surface area contributed by atoms with Gasteiger partial charge in [-0.2, -0.15) is 5.10 Å². The van der Waals surface area contributed by atoms with E-state index >= 15 is 0 Å². The van der Waals surface area contributed by atoms with Crippen LogP contribution in [0.4, 0.5) is 0 Å².